The van der Waals surface area contributed by atoms with Crippen LogP contribution in [0.2, 0.25) is 0 Å². The van der Waals surface area contributed by atoms with Gasteiger partial charge in [0.1, 0.15) is 0 Å². The molecule has 7 nitrogen and oxygen atoms in total. The van der Waals surface area contributed by atoms with Gasteiger partial charge in [0.05, 0.1) is 48.7 Å². The van der Waals surface area contributed by atoms with Gasteiger partial charge in [-0.2, -0.15) is 0 Å². The topological polar surface area (TPSA) is 67.7 Å². The minimum Gasteiger partial charge on any atom is -0.493 e. The van der Waals surface area contributed by atoms with Gasteiger partial charge in [-0.05, 0) is 59.5 Å². The Bertz CT molecular complexity index is 1240. The first kappa shape index (κ1) is 24.3. The minimum absolute atomic E-state index is 0.0875. The third-order valence-corrected chi connectivity index (χ3v) is 6.26. The second kappa shape index (κ2) is 10.6. The minimum atomic E-state index is -0.0875. The fourth-order valence-corrected chi connectivity index (χ4v) is 4.45. The van der Waals surface area contributed by atoms with E-state index >= 15 is 0 Å². The maximum absolute atomic E-state index is 5.59. The van der Waals surface area contributed by atoms with Crippen molar-refractivity contribution in [2.75, 3.05) is 42.7 Å². The standard InChI is InChI=1S/C28H31NO6/c1-30-23-9-7-17(12-25(23)32-3)11-22-20-16-28(35-6)27(34-5)15-19(20)13-21(29-22)18-8-10-24(31-2)26(14-18)33-4/h7-10,12,14-16,21H,11,13H2,1-6H3. The summed E-state index contributed by atoms with van der Waals surface area (Å²) < 4.78 is 33.0. The van der Waals surface area contributed by atoms with Crippen molar-refractivity contribution in [2.45, 2.75) is 18.9 Å². The van der Waals surface area contributed by atoms with Crippen LogP contribution in [0.3, 0.4) is 0 Å². The molecule has 0 saturated heterocycles. The number of fused-ring (bicyclic) bond motifs is 1. The van der Waals surface area contributed by atoms with E-state index in [1.165, 1.54) is 0 Å². The monoisotopic (exact) mass is 477 g/mol. The molecule has 0 N–H and O–H groups in total. The summed E-state index contributed by atoms with van der Waals surface area (Å²) in [6.45, 7) is 0. The number of rotatable bonds is 9. The Morgan fingerprint density at radius 3 is 1.80 bits per heavy atom. The summed E-state index contributed by atoms with van der Waals surface area (Å²) in [6, 6.07) is 15.9. The highest BCUT2D eigenvalue weighted by atomic mass is 16.5. The summed E-state index contributed by atoms with van der Waals surface area (Å²) in [7, 11) is 9.84. The van der Waals surface area contributed by atoms with Crippen LogP contribution in [0.1, 0.15) is 28.3 Å². The van der Waals surface area contributed by atoms with Gasteiger partial charge in [0.15, 0.2) is 34.5 Å². The van der Waals surface area contributed by atoms with Gasteiger partial charge in [0.2, 0.25) is 0 Å². The van der Waals surface area contributed by atoms with Gasteiger partial charge < -0.3 is 28.4 Å². The SMILES string of the molecule is COc1ccc(CC2=NC(c3ccc(OC)c(OC)c3)Cc3cc(OC)c(OC)cc32)cc1OC. The Labute approximate surface area is 206 Å². The quantitative estimate of drug-likeness (QED) is 0.429. The van der Waals surface area contributed by atoms with Crippen LogP contribution < -0.4 is 28.4 Å². The molecule has 0 aromatic heterocycles. The summed E-state index contributed by atoms with van der Waals surface area (Å²) in [4.78, 5) is 5.20. The molecule has 1 aliphatic rings. The lowest BCUT2D eigenvalue weighted by Crippen LogP contribution is -2.19. The summed E-state index contributed by atoms with van der Waals surface area (Å²) >= 11 is 0. The van der Waals surface area contributed by atoms with Crippen LogP contribution in [0.15, 0.2) is 53.5 Å². The molecule has 0 radical (unpaired) electrons. The first-order chi connectivity index (χ1) is 17.0. The van der Waals surface area contributed by atoms with Crippen LogP contribution >= 0.6 is 0 Å². The van der Waals surface area contributed by atoms with E-state index in [0.717, 1.165) is 34.4 Å². The van der Waals surface area contributed by atoms with Crippen LogP contribution in [-0.2, 0) is 12.8 Å². The van der Waals surface area contributed by atoms with Crippen molar-refractivity contribution in [3.05, 3.63) is 70.8 Å². The van der Waals surface area contributed by atoms with E-state index < -0.39 is 0 Å². The van der Waals surface area contributed by atoms with Gasteiger partial charge in [-0.15, -0.1) is 0 Å². The molecular formula is C28H31NO6. The normalized spacial score (nSPS) is 14.5. The second-order valence-corrected chi connectivity index (χ2v) is 8.14. The lowest BCUT2D eigenvalue weighted by molar-refractivity contribution is 0.353. The van der Waals surface area contributed by atoms with Crippen molar-refractivity contribution < 1.29 is 28.4 Å². The highest BCUT2D eigenvalue weighted by molar-refractivity contribution is 6.04. The van der Waals surface area contributed by atoms with E-state index in [1.54, 1.807) is 42.7 Å². The van der Waals surface area contributed by atoms with Gasteiger partial charge in [-0.1, -0.05) is 12.1 Å². The molecule has 0 spiro atoms. The first-order valence-corrected chi connectivity index (χ1v) is 11.3. The molecule has 3 aromatic carbocycles. The van der Waals surface area contributed by atoms with Crippen LogP contribution in [0, 0.1) is 0 Å². The first-order valence-electron chi connectivity index (χ1n) is 11.3. The maximum atomic E-state index is 5.59. The number of hydrogen-bond donors (Lipinski definition) is 0. The molecule has 184 valence electrons. The molecule has 0 fully saturated rings. The van der Waals surface area contributed by atoms with E-state index in [-0.39, 0.29) is 6.04 Å². The van der Waals surface area contributed by atoms with E-state index in [0.29, 0.717) is 40.9 Å². The summed E-state index contributed by atoms with van der Waals surface area (Å²) in [5, 5.41) is 0. The maximum Gasteiger partial charge on any atom is 0.161 e. The summed E-state index contributed by atoms with van der Waals surface area (Å²) in [5.74, 6) is 4.12. The third-order valence-electron chi connectivity index (χ3n) is 6.26. The predicted octanol–water partition coefficient (Wildman–Crippen LogP) is 5.07. The number of aliphatic imine (C=N–C) groups is 1. The van der Waals surface area contributed by atoms with Crippen LogP contribution in [0.25, 0.3) is 0 Å². The van der Waals surface area contributed by atoms with E-state index in [2.05, 4.69) is 0 Å². The van der Waals surface area contributed by atoms with Crippen molar-refractivity contribution in [1.29, 1.82) is 0 Å². The highest BCUT2D eigenvalue weighted by Gasteiger charge is 2.26. The van der Waals surface area contributed by atoms with Crippen LogP contribution in [-0.4, -0.2) is 48.4 Å². The van der Waals surface area contributed by atoms with E-state index in [1.807, 2.05) is 48.5 Å². The molecule has 35 heavy (non-hydrogen) atoms. The van der Waals surface area contributed by atoms with Crippen molar-refractivity contribution in [2.24, 2.45) is 4.99 Å². The third kappa shape index (κ3) is 4.85. The fraction of sp³-hybridized carbons (Fsp3) is 0.321. The smallest absolute Gasteiger partial charge is 0.161 e. The number of methoxy groups -OCH3 is 6. The predicted molar refractivity (Wildman–Crippen MR) is 135 cm³/mol. The molecule has 0 bridgehead atoms. The van der Waals surface area contributed by atoms with Crippen molar-refractivity contribution >= 4 is 5.71 Å². The molecule has 0 aliphatic carbocycles. The Morgan fingerprint density at radius 1 is 0.629 bits per heavy atom. The van der Waals surface area contributed by atoms with Crippen LogP contribution in [0.5, 0.6) is 34.5 Å². The Morgan fingerprint density at radius 2 is 1.17 bits per heavy atom. The molecule has 4 rings (SSSR count). The van der Waals surface area contributed by atoms with Gasteiger partial charge in [0.25, 0.3) is 0 Å². The lowest BCUT2D eigenvalue weighted by Gasteiger charge is -2.26. The molecular weight excluding hydrogens is 446 g/mol. The molecule has 1 aliphatic heterocycles. The Hall–Kier alpha value is -3.87. The average Bonchev–Trinajstić information content (AvgIpc) is 2.91. The van der Waals surface area contributed by atoms with Crippen molar-refractivity contribution in [3.63, 3.8) is 0 Å². The molecule has 7 heteroatoms. The summed E-state index contributed by atoms with van der Waals surface area (Å²) in [6.07, 6.45) is 1.34. The second-order valence-electron chi connectivity index (χ2n) is 8.14. The number of benzene rings is 3. The average molecular weight is 478 g/mol. The Balaban J connectivity index is 1.80. The Kier molecular flexibility index (Phi) is 7.34. The molecule has 1 heterocycles. The molecule has 1 atom stereocenters. The lowest BCUT2D eigenvalue weighted by atomic mass is 9.87. The van der Waals surface area contributed by atoms with Gasteiger partial charge in [-0.25, -0.2) is 0 Å². The molecule has 3 aromatic rings. The zero-order chi connectivity index (χ0) is 24.9. The van der Waals surface area contributed by atoms with E-state index in [9.17, 15) is 0 Å². The molecule has 1 unspecified atom stereocenters. The van der Waals surface area contributed by atoms with Gasteiger partial charge in [0, 0.05) is 17.7 Å². The molecule has 0 saturated carbocycles. The zero-order valence-electron chi connectivity index (χ0n) is 21.0. The molecule has 0 amide bonds. The zero-order valence-corrected chi connectivity index (χ0v) is 21.0. The van der Waals surface area contributed by atoms with Crippen molar-refractivity contribution in [3.8, 4) is 34.5 Å². The number of ether oxygens (including phenoxy) is 6. The van der Waals surface area contributed by atoms with Crippen molar-refractivity contribution in [1.82, 2.24) is 0 Å². The number of hydrogen-bond acceptors (Lipinski definition) is 7. The largest absolute Gasteiger partial charge is 0.493 e. The summed E-state index contributed by atoms with van der Waals surface area (Å²) in [5.41, 5.74) is 5.27. The van der Waals surface area contributed by atoms with E-state index in [4.69, 9.17) is 33.4 Å². The number of nitrogens with zero attached hydrogens (tertiary/aromatic N) is 1. The fourth-order valence-electron chi connectivity index (χ4n) is 4.45. The highest BCUT2D eigenvalue weighted by Crippen LogP contribution is 2.40. The van der Waals surface area contributed by atoms with Gasteiger partial charge >= 0.3 is 0 Å². The van der Waals surface area contributed by atoms with Gasteiger partial charge in [-0.3, -0.25) is 4.99 Å². The van der Waals surface area contributed by atoms with Crippen LogP contribution in [0.4, 0.5) is 0 Å².